The Bertz CT molecular complexity index is 68.7. The van der Waals surface area contributed by atoms with Crippen LogP contribution < -0.4 is 0 Å². The molecule has 0 N–H and O–H groups in total. The molecule has 0 aliphatic heterocycles. The molecule has 43 valence electrons. The molecular weight excluding hydrogens is 313 g/mol. The molecule has 0 amide bonds. The summed E-state index contributed by atoms with van der Waals surface area (Å²) in [6.45, 7) is 0. The smallest absolute Gasteiger partial charge is 0.130 e. The molecule has 0 unspecified atom stereocenters. The molecule has 0 spiro atoms. The molecule has 0 rings (SSSR count). The third-order valence-corrected chi connectivity index (χ3v) is 0. The number of thiocyanates is 2. The topological polar surface area (TPSA) is 47.6 Å². The first-order valence-corrected chi connectivity index (χ1v) is 1.79. The van der Waals surface area contributed by atoms with Crippen LogP contribution in [0.15, 0.2) is 0 Å². The minimum absolute atomic E-state index is 0. The van der Waals surface area contributed by atoms with Crippen molar-refractivity contribution in [3.8, 4) is 10.8 Å². The van der Waals surface area contributed by atoms with E-state index < -0.39 is 0 Å². The molecular formula is C2H2AuN2S2. The number of rotatable bonds is 0. The van der Waals surface area contributed by atoms with Gasteiger partial charge in [0, 0.05) is 22.4 Å². The summed E-state index contributed by atoms with van der Waals surface area (Å²) in [5, 5.41) is 17.3. The monoisotopic (exact) mass is 315 g/mol. The van der Waals surface area contributed by atoms with E-state index in [2.05, 4.69) is 25.3 Å². The van der Waals surface area contributed by atoms with Gasteiger partial charge in [0.1, 0.15) is 10.8 Å². The predicted octanol–water partition coefficient (Wildman–Crippen LogP) is 0.792. The summed E-state index contributed by atoms with van der Waals surface area (Å²) < 4.78 is 0. The van der Waals surface area contributed by atoms with Crippen LogP contribution in [0.1, 0.15) is 0 Å². The Morgan fingerprint density at radius 3 is 1.00 bits per heavy atom. The van der Waals surface area contributed by atoms with E-state index in [1.54, 1.807) is 0 Å². The molecule has 0 aliphatic rings. The minimum atomic E-state index is 0. The van der Waals surface area contributed by atoms with Gasteiger partial charge in [-0.2, -0.15) is 10.5 Å². The summed E-state index contributed by atoms with van der Waals surface area (Å²) in [6.07, 6.45) is 0. The van der Waals surface area contributed by atoms with E-state index in [4.69, 9.17) is 10.5 Å². The van der Waals surface area contributed by atoms with Gasteiger partial charge in [0.25, 0.3) is 0 Å². The van der Waals surface area contributed by atoms with Gasteiger partial charge in [-0.3, -0.25) is 0 Å². The van der Waals surface area contributed by atoms with Crippen molar-refractivity contribution >= 4 is 25.3 Å². The van der Waals surface area contributed by atoms with Gasteiger partial charge in [-0.15, -0.1) is 0 Å². The van der Waals surface area contributed by atoms with Crippen molar-refractivity contribution in [2.24, 2.45) is 0 Å². The second kappa shape index (κ2) is 32.2. The van der Waals surface area contributed by atoms with E-state index in [0.29, 0.717) is 0 Å². The van der Waals surface area contributed by atoms with Gasteiger partial charge in [-0.05, 0) is 0 Å². The molecule has 0 atom stereocenters. The van der Waals surface area contributed by atoms with Crippen LogP contribution in [0.3, 0.4) is 0 Å². The first-order valence-electron chi connectivity index (χ1n) is 0.894. The van der Waals surface area contributed by atoms with Crippen LogP contribution >= 0.6 is 25.3 Å². The molecule has 0 aromatic rings. The van der Waals surface area contributed by atoms with Crippen molar-refractivity contribution in [1.29, 1.82) is 10.5 Å². The van der Waals surface area contributed by atoms with Crippen LogP contribution in [0.2, 0.25) is 0 Å². The van der Waals surface area contributed by atoms with Gasteiger partial charge in [0.15, 0.2) is 0 Å². The SMILES string of the molecule is N#CS.N#CS.[Au]. The van der Waals surface area contributed by atoms with Crippen LogP contribution in [-0.4, -0.2) is 0 Å². The molecule has 1 radical (unpaired) electrons. The Morgan fingerprint density at radius 1 is 1.00 bits per heavy atom. The average molecular weight is 315 g/mol. The van der Waals surface area contributed by atoms with Gasteiger partial charge in [0.2, 0.25) is 0 Å². The van der Waals surface area contributed by atoms with Gasteiger partial charge in [0.05, 0.1) is 0 Å². The first-order chi connectivity index (χ1) is 2.83. The van der Waals surface area contributed by atoms with E-state index in [1.165, 1.54) is 10.8 Å². The fourth-order valence-corrected chi connectivity index (χ4v) is 0. The Labute approximate surface area is 68.8 Å². The first kappa shape index (κ1) is 15.7. The van der Waals surface area contributed by atoms with Crippen molar-refractivity contribution in [2.45, 2.75) is 0 Å². The Balaban J connectivity index is -0.0000000400. The molecule has 0 fully saturated rings. The van der Waals surface area contributed by atoms with E-state index in [9.17, 15) is 0 Å². The van der Waals surface area contributed by atoms with Gasteiger partial charge in [-0.25, -0.2) is 0 Å². The maximum absolute atomic E-state index is 7.18. The van der Waals surface area contributed by atoms with Gasteiger partial charge >= 0.3 is 0 Å². The third-order valence-electron chi connectivity index (χ3n) is 0. The second-order valence-electron chi connectivity index (χ2n) is 0.200. The van der Waals surface area contributed by atoms with Gasteiger partial charge < -0.3 is 0 Å². The van der Waals surface area contributed by atoms with Crippen molar-refractivity contribution in [3.05, 3.63) is 0 Å². The molecule has 0 bridgehead atoms. The molecule has 0 aliphatic carbocycles. The zero-order valence-electron chi connectivity index (χ0n) is 3.09. The summed E-state index contributed by atoms with van der Waals surface area (Å²) in [7, 11) is 0. The normalized spacial score (nSPS) is 2.29. The van der Waals surface area contributed by atoms with Crippen molar-refractivity contribution < 1.29 is 22.4 Å². The van der Waals surface area contributed by atoms with Crippen molar-refractivity contribution in [2.75, 3.05) is 0 Å². The summed E-state index contributed by atoms with van der Waals surface area (Å²) in [5.41, 5.74) is 0. The standard InChI is InChI=1S/2CHNS.Au/c2*2-1-3;/h2*3H;. The largest absolute Gasteiger partial charge is 0.185 e. The minimum Gasteiger partial charge on any atom is -0.185 e. The predicted molar refractivity (Wildman–Crippen MR) is 29.2 cm³/mol. The number of thiol groups is 2. The number of hydrogen-bond donors (Lipinski definition) is 2. The maximum atomic E-state index is 7.18. The Kier molecular flexibility index (Phi) is 72.0. The van der Waals surface area contributed by atoms with E-state index in [0.717, 1.165) is 0 Å². The van der Waals surface area contributed by atoms with Crippen LogP contribution in [0.5, 0.6) is 0 Å². The summed E-state index contributed by atoms with van der Waals surface area (Å²) in [4.78, 5) is 0. The summed E-state index contributed by atoms with van der Waals surface area (Å²) in [6, 6.07) is 0. The molecule has 0 saturated heterocycles. The molecule has 5 heteroatoms. The van der Waals surface area contributed by atoms with Crippen molar-refractivity contribution in [3.63, 3.8) is 0 Å². The zero-order valence-corrected chi connectivity index (χ0v) is 7.05. The summed E-state index contributed by atoms with van der Waals surface area (Å²) in [5.74, 6) is 0. The number of nitrogens with zero attached hydrogens (tertiary/aromatic N) is 2. The molecule has 0 saturated carbocycles. The van der Waals surface area contributed by atoms with Crippen LogP contribution in [0.4, 0.5) is 0 Å². The van der Waals surface area contributed by atoms with E-state index >= 15 is 0 Å². The van der Waals surface area contributed by atoms with Crippen molar-refractivity contribution in [1.82, 2.24) is 0 Å². The quantitative estimate of drug-likeness (QED) is 0.394. The zero-order chi connectivity index (χ0) is 5.41. The second-order valence-corrected chi connectivity index (χ2v) is 0.600. The van der Waals surface area contributed by atoms with Crippen LogP contribution in [-0.2, 0) is 22.4 Å². The van der Waals surface area contributed by atoms with Gasteiger partial charge in [-0.1, -0.05) is 25.3 Å². The summed E-state index contributed by atoms with van der Waals surface area (Å²) >= 11 is 6.19. The number of nitriles is 2. The Morgan fingerprint density at radius 2 is 1.00 bits per heavy atom. The Hall–Kier alpha value is 0.420. The number of hydrogen-bond acceptors (Lipinski definition) is 4. The fraction of sp³-hybridized carbons (Fsp3) is 0. The average Bonchev–Trinajstić information content (AvgIpc) is 1.39. The van der Waals surface area contributed by atoms with Crippen LogP contribution in [0, 0.1) is 21.3 Å². The van der Waals surface area contributed by atoms with Crippen LogP contribution in [0.25, 0.3) is 0 Å². The molecule has 0 heterocycles. The molecule has 2 nitrogen and oxygen atoms in total. The fourth-order valence-electron chi connectivity index (χ4n) is 0. The van der Waals surface area contributed by atoms with E-state index in [1.807, 2.05) is 0 Å². The third kappa shape index (κ3) is 710. The van der Waals surface area contributed by atoms with E-state index in [-0.39, 0.29) is 22.4 Å². The molecule has 7 heavy (non-hydrogen) atoms. The maximum Gasteiger partial charge on any atom is 0.130 e. The molecule has 0 aromatic carbocycles. The molecule has 0 aromatic heterocycles.